The van der Waals surface area contributed by atoms with Gasteiger partial charge in [-0.3, -0.25) is 4.90 Å². The van der Waals surface area contributed by atoms with E-state index in [-0.39, 0.29) is 0 Å². The Morgan fingerprint density at radius 3 is 2.96 bits per heavy atom. The lowest BCUT2D eigenvalue weighted by Gasteiger charge is -2.27. The van der Waals surface area contributed by atoms with Crippen molar-refractivity contribution < 1.29 is 9.26 Å². The van der Waals surface area contributed by atoms with Crippen molar-refractivity contribution in [2.45, 2.75) is 26.4 Å². The van der Waals surface area contributed by atoms with Crippen LogP contribution < -0.4 is 4.74 Å². The molecule has 4 rings (SSSR count). The minimum atomic E-state index is 0.594. The van der Waals surface area contributed by atoms with Crippen molar-refractivity contribution in [1.82, 2.24) is 25.0 Å². The number of methoxy groups -OCH3 is 1. The van der Waals surface area contributed by atoms with Gasteiger partial charge in [0.15, 0.2) is 0 Å². The SMILES string of the molecule is COc1ncnc2c1CN(Cc1nc(-c3ccccc3C)no1)CC2. The van der Waals surface area contributed by atoms with Gasteiger partial charge in [0.1, 0.15) is 6.33 Å². The van der Waals surface area contributed by atoms with Crippen LogP contribution in [0.2, 0.25) is 0 Å². The lowest BCUT2D eigenvalue weighted by molar-refractivity contribution is 0.204. The number of ether oxygens (including phenoxy) is 1. The maximum absolute atomic E-state index is 5.46. The van der Waals surface area contributed by atoms with Crippen LogP contribution in [0.15, 0.2) is 35.1 Å². The minimum absolute atomic E-state index is 0.594. The number of hydrogen-bond donors (Lipinski definition) is 0. The topological polar surface area (TPSA) is 77.2 Å². The highest BCUT2D eigenvalue weighted by Gasteiger charge is 2.23. The molecule has 0 fully saturated rings. The fraction of sp³-hybridized carbons (Fsp3) is 0.333. The smallest absolute Gasteiger partial charge is 0.241 e. The molecule has 0 saturated heterocycles. The van der Waals surface area contributed by atoms with E-state index >= 15 is 0 Å². The third-order valence-electron chi connectivity index (χ3n) is 4.45. The van der Waals surface area contributed by atoms with Crippen molar-refractivity contribution in [2.75, 3.05) is 13.7 Å². The molecule has 0 saturated carbocycles. The van der Waals surface area contributed by atoms with Crippen molar-refractivity contribution in [2.24, 2.45) is 0 Å². The van der Waals surface area contributed by atoms with Gasteiger partial charge in [-0.2, -0.15) is 4.98 Å². The summed E-state index contributed by atoms with van der Waals surface area (Å²) in [6.07, 6.45) is 2.41. The lowest BCUT2D eigenvalue weighted by Crippen LogP contribution is -2.31. The van der Waals surface area contributed by atoms with E-state index in [4.69, 9.17) is 9.26 Å². The molecule has 7 nitrogen and oxygen atoms in total. The van der Waals surface area contributed by atoms with E-state index in [1.165, 1.54) is 0 Å². The molecule has 128 valence electrons. The molecule has 0 spiro atoms. The van der Waals surface area contributed by atoms with E-state index in [1.54, 1.807) is 13.4 Å². The Morgan fingerprint density at radius 1 is 1.24 bits per heavy atom. The number of aromatic nitrogens is 4. The summed E-state index contributed by atoms with van der Waals surface area (Å²) < 4.78 is 10.8. The Bertz CT molecular complexity index is 878. The van der Waals surface area contributed by atoms with Crippen LogP contribution in [0.4, 0.5) is 0 Å². The van der Waals surface area contributed by atoms with Crippen LogP contribution in [0.1, 0.15) is 22.7 Å². The fourth-order valence-electron chi connectivity index (χ4n) is 3.13. The summed E-state index contributed by atoms with van der Waals surface area (Å²) in [6.45, 7) is 4.23. The van der Waals surface area contributed by atoms with E-state index in [2.05, 4.69) is 25.0 Å². The molecular formula is C18H19N5O2. The fourth-order valence-corrected chi connectivity index (χ4v) is 3.13. The highest BCUT2D eigenvalue weighted by molar-refractivity contribution is 5.58. The van der Waals surface area contributed by atoms with E-state index in [0.29, 0.717) is 30.7 Å². The largest absolute Gasteiger partial charge is 0.481 e. The Morgan fingerprint density at radius 2 is 2.12 bits per heavy atom. The number of rotatable bonds is 4. The molecule has 2 aromatic heterocycles. The maximum Gasteiger partial charge on any atom is 0.241 e. The molecule has 1 aliphatic rings. The Labute approximate surface area is 145 Å². The van der Waals surface area contributed by atoms with Crippen LogP contribution in [-0.2, 0) is 19.5 Å². The standard InChI is InChI=1S/C18H19N5O2/c1-12-5-3-4-6-13(12)17-21-16(25-22-17)10-23-8-7-15-14(9-23)18(24-2)20-11-19-15/h3-6,11H,7-10H2,1-2H3. The second-order valence-electron chi connectivity index (χ2n) is 6.10. The minimum Gasteiger partial charge on any atom is -0.481 e. The van der Waals surface area contributed by atoms with E-state index < -0.39 is 0 Å². The molecule has 0 amide bonds. The van der Waals surface area contributed by atoms with Gasteiger partial charge in [0, 0.05) is 30.6 Å². The summed E-state index contributed by atoms with van der Waals surface area (Å²) in [6, 6.07) is 8.02. The molecule has 1 aromatic carbocycles. The van der Waals surface area contributed by atoms with E-state index in [0.717, 1.165) is 35.3 Å². The molecular weight excluding hydrogens is 318 g/mol. The van der Waals surface area contributed by atoms with Gasteiger partial charge in [-0.05, 0) is 12.5 Å². The molecule has 0 aliphatic carbocycles. The zero-order valence-corrected chi connectivity index (χ0v) is 14.3. The zero-order valence-electron chi connectivity index (χ0n) is 14.3. The van der Waals surface area contributed by atoms with Gasteiger partial charge in [-0.1, -0.05) is 29.4 Å². The third kappa shape index (κ3) is 3.10. The molecule has 3 heterocycles. The average Bonchev–Trinajstić information content (AvgIpc) is 3.09. The Kier molecular flexibility index (Phi) is 4.15. The van der Waals surface area contributed by atoms with Crippen molar-refractivity contribution in [3.05, 3.63) is 53.3 Å². The summed E-state index contributed by atoms with van der Waals surface area (Å²) in [5.74, 6) is 1.88. The van der Waals surface area contributed by atoms with Crippen molar-refractivity contribution in [1.29, 1.82) is 0 Å². The van der Waals surface area contributed by atoms with Gasteiger partial charge in [-0.25, -0.2) is 9.97 Å². The van der Waals surface area contributed by atoms with Crippen molar-refractivity contribution >= 4 is 0 Å². The van der Waals surface area contributed by atoms with Gasteiger partial charge < -0.3 is 9.26 Å². The molecule has 0 atom stereocenters. The number of nitrogens with zero attached hydrogens (tertiary/aromatic N) is 5. The van der Waals surface area contributed by atoms with Crippen molar-refractivity contribution in [3.8, 4) is 17.3 Å². The molecule has 25 heavy (non-hydrogen) atoms. The number of aryl methyl sites for hydroxylation is 1. The van der Waals surface area contributed by atoms with Crippen LogP contribution in [-0.4, -0.2) is 38.7 Å². The number of benzene rings is 1. The normalized spacial score (nSPS) is 14.3. The monoisotopic (exact) mass is 337 g/mol. The summed E-state index contributed by atoms with van der Waals surface area (Å²) >= 11 is 0. The van der Waals surface area contributed by atoms with Crippen LogP contribution >= 0.6 is 0 Å². The van der Waals surface area contributed by atoms with E-state index in [9.17, 15) is 0 Å². The first-order valence-corrected chi connectivity index (χ1v) is 8.22. The second kappa shape index (κ2) is 6.60. The zero-order chi connectivity index (χ0) is 17.2. The van der Waals surface area contributed by atoms with Gasteiger partial charge in [0.25, 0.3) is 0 Å². The third-order valence-corrected chi connectivity index (χ3v) is 4.45. The predicted molar refractivity (Wildman–Crippen MR) is 90.9 cm³/mol. The van der Waals surface area contributed by atoms with Gasteiger partial charge in [0.05, 0.1) is 19.3 Å². The highest BCUT2D eigenvalue weighted by atomic mass is 16.5. The highest BCUT2D eigenvalue weighted by Crippen LogP contribution is 2.26. The number of hydrogen-bond acceptors (Lipinski definition) is 7. The Balaban J connectivity index is 1.51. The summed E-state index contributed by atoms with van der Waals surface area (Å²) in [7, 11) is 1.63. The first kappa shape index (κ1) is 15.7. The summed E-state index contributed by atoms with van der Waals surface area (Å²) in [5, 5.41) is 4.13. The molecule has 7 heteroatoms. The first-order chi connectivity index (χ1) is 12.2. The second-order valence-corrected chi connectivity index (χ2v) is 6.10. The molecule has 0 radical (unpaired) electrons. The van der Waals surface area contributed by atoms with Gasteiger partial charge >= 0.3 is 0 Å². The predicted octanol–water partition coefficient (Wildman–Crippen LogP) is 2.40. The van der Waals surface area contributed by atoms with Crippen LogP contribution in [0.25, 0.3) is 11.4 Å². The van der Waals surface area contributed by atoms with E-state index in [1.807, 2.05) is 31.2 Å². The first-order valence-electron chi connectivity index (χ1n) is 8.22. The van der Waals surface area contributed by atoms with Crippen molar-refractivity contribution in [3.63, 3.8) is 0 Å². The van der Waals surface area contributed by atoms with Crippen LogP contribution in [0.5, 0.6) is 5.88 Å². The maximum atomic E-state index is 5.46. The molecule has 0 N–H and O–H groups in total. The molecule has 0 unspecified atom stereocenters. The number of fused-ring (bicyclic) bond motifs is 1. The quantitative estimate of drug-likeness (QED) is 0.723. The van der Waals surface area contributed by atoms with Crippen LogP contribution in [0.3, 0.4) is 0 Å². The van der Waals surface area contributed by atoms with Crippen LogP contribution in [0, 0.1) is 6.92 Å². The Hall–Kier alpha value is -2.80. The molecule has 3 aromatic rings. The average molecular weight is 337 g/mol. The summed E-state index contributed by atoms with van der Waals surface area (Å²) in [5.41, 5.74) is 4.21. The lowest BCUT2D eigenvalue weighted by atomic mass is 10.1. The molecule has 0 bridgehead atoms. The van der Waals surface area contributed by atoms with Gasteiger partial charge in [-0.15, -0.1) is 0 Å². The summed E-state index contributed by atoms with van der Waals surface area (Å²) in [4.78, 5) is 15.3. The molecule has 1 aliphatic heterocycles. The van der Waals surface area contributed by atoms with Gasteiger partial charge in [0.2, 0.25) is 17.6 Å².